The lowest BCUT2D eigenvalue weighted by Crippen LogP contribution is -2.17. The van der Waals surface area contributed by atoms with Gasteiger partial charge in [-0.05, 0) is 30.9 Å². The van der Waals surface area contributed by atoms with E-state index in [-0.39, 0.29) is 17.4 Å². The summed E-state index contributed by atoms with van der Waals surface area (Å²) in [6.07, 6.45) is 1.87. The molecule has 2 N–H and O–H groups in total. The number of halogens is 1. The number of phenolic OH excluding ortho intramolecular Hbond substituents is 1. The average Bonchev–Trinajstić information content (AvgIpc) is 2.94. The third kappa shape index (κ3) is 2.85. The normalized spacial score (nSPS) is 16.1. The first-order valence-corrected chi connectivity index (χ1v) is 6.60. The van der Waals surface area contributed by atoms with Gasteiger partial charge in [0.2, 0.25) is 10.0 Å². The SMILES string of the molecule is O=S(=O)(CC1CC1)Nc1ccc(O)c(F)c1. The highest BCUT2D eigenvalue weighted by molar-refractivity contribution is 7.92. The van der Waals surface area contributed by atoms with Gasteiger partial charge in [0.05, 0.1) is 11.4 Å². The molecule has 0 atom stereocenters. The third-order valence-corrected chi connectivity index (χ3v) is 3.83. The molecule has 6 heteroatoms. The highest BCUT2D eigenvalue weighted by Crippen LogP contribution is 2.31. The molecule has 1 aliphatic rings. The molecule has 0 spiro atoms. The summed E-state index contributed by atoms with van der Waals surface area (Å²) in [5.41, 5.74) is 0.135. The minimum atomic E-state index is -3.40. The Morgan fingerprint density at radius 1 is 1.44 bits per heavy atom. The fourth-order valence-electron chi connectivity index (χ4n) is 1.39. The van der Waals surface area contributed by atoms with Crippen molar-refractivity contribution in [2.24, 2.45) is 5.92 Å². The number of aromatic hydroxyl groups is 1. The molecule has 88 valence electrons. The molecule has 0 aromatic heterocycles. The van der Waals surface area contributed by atoms with E-state index in [0.717, 1.165) is 25.0 Å². The fourth-order valence-corrected chi connectivity index (χ4v) is 2.91. The minimum absolute atomic E-state index is 0.0789. The van der Waals surface area contributed by atoms with E-state index in [0.29, 0.717) is 0 Å². The predicted octanol–water partition coefficient (Wildman–Crippen LogP) is 1.68. The predicted molar refractivity (Wildman–Crippen MR) is 58.2 cm³/mol. The van der Waals surface area contributed by atoms with Crippen LogP contribution in [0.4, 0.5) is 10.1 Å². The monoisotopic (exact) mass is 245 g/mol. The summed E-state index contributed by atoms with van der Waals surface area (Å²) < 4.78 is 38.3. The van der Waals surface area contributed by atoms with Crippen LogP contribution in [0.3, 0.4) is 0 Å². The van der Waals surface area contributed by atoms with Crippen molar-refractivity contribution < 1.29 is 17.9 Å². The molecule has 1 aromatic carbocycles. The van der Waals surface area contributed by atoms with Gasteiger partial charge in [-0.15, -0.1) is 0 Å². The smallest absolute Gasteiger partial charge is 0.232 e. The molecule has 0 saturated heterocycles. The van der Waals surface area contributed by atoms with Crippen LogP contribution >= 0.6 is 0 Å². The zero-order valence-electron chi connectivity index (χ0n) is 8.48. The van der Waals surface area contributed by atoms with Gasteiger partial charge in [0, 0.05) is 6.07 Å². The molecule has 1 fully saturated rings. The summed E-state index contributed by atoms with van der Waals surface area (Å²) in [6, 6.07) is 3.40. The Balaban J connectivity index is 2.10. The second kappa shape index (κ2) is 3.93. The molecule has 0 radical (unpaired) electrons. The lowest BCUT2D eigenvalue weighted by atomic mass is 10.3. The van der Waals surface area contributed by atoms with Crippen molar-refractivity contribution in [1.82, 2.24) is 0 Å². The lowest BCUT2D eigenvalue weighted by Gasteiger charge is -2.07. The van der Waals surface area contributed by atoms with Gasteiger partial charge in [-0.2, -0.15) is 0 Å². The van der Waals surface area contributed by atoms with Gasteiger partial charge in [0.25, 0.3) is 0 Å². The lowest BCUT2D eigenvalue weighted by molar-refractivity contribution is 0.432. The molecule has 16 heavy (non-hydrogen) atoms. The summed E-state index contributed by atoms with van der Waals surface area (Å²) >= 11 is 0. The third-order valence-electron chi connectivity index (χ3n) is 2.37. The van der Waals surface area contributed by atoms with Crippen LogP contribution in [-0.2, 0) is 10.0 Å². The van der Waals surface area contributed by atoms with Crippen molar-refractivity contribution in [2.75, 3.05) is 10.5 Å². The number of hydrogen-bond acceptors (Lipinski definition) is 3. The van der Waals surface area contributed by atoms with Gasteiger partial charge >= 0.3 is 0 Å². The summed E-state index contributed by atoms with van der Waals surface area (Å²) in [6.45, 7) is 0. The van der Waals surface area contributed by atoms with Crippen LogP contribution in [0.25, 0.3) is 0 Å². The first-order chi connectivity index (χ1) is 7.46. The average molecular weight is 245 g/mol. The zero-order chi connectivity index (χ0) is 11.8. The van der Waals surface area contributed by atoms with Gasteiger partial charge in [-0.3, -0.25) is 4.72 Å². The number of hydrogen-bond donors (Lipinski definition) is 2. The van der Waals surface area contributed by atoms with Crippen LogP contribution in [0.1, 0.15) is 12.8 Å². The van der Waals surface area contributed by atoms with Crippen molar-refractivity contribution in [3.63, 3.8) is 0 Å². The van der Waals surface area contributed by atoms with Crippen LogP contribution in [0.5, 0.6) is 5.75 Å². The Morgan fingerprint density at radius 2 is 2.12 bits per heavy atom. The van der Waals surface area contributed by atoms with E-state index in [9.17, 15) is 12.8 Å². The second-order valence-electron chi connectivity index (χ2n) is 3.99. The van der Waals surface area contributed by atoms with E-state index in [1.807, 2.05) is 0 Å². The summed E-state index contributed by atoms with van der Waals surface area (Å²) in [5, 5.41) is 8.95. The van der Waals surface area contributed by atoms with Crippen LogP contribution in [0.2, 0.25) is 0 Å². The van der Waals surface area contributed by atoms with Crippen LogP contribution in [0, 0.1) is 11.7 Å². The minimum Gasteiger partial charge on any atom is -0.505 e. The number of benzene rings is 1. The van der Waals surface area contributed by atoms with Gasteiger partial charge in [-0.25, -0.2) is 12.8 Å². The summed E-state index contributed by atoms with van der Waals surface area (Å²) in [5.74, 6) is -1.02. The van der Waals surface area contributed by atoms with E-state index in [1.54, 1.807) is 0 Å². The topological polar surface area (TPSA) is 66.4 Å². The fraction of sp³-hybridized carbons (Fsp3) is 0.400. The molecular formula is C10H12FNO3S. The highest BCUT2D eigenvalue weighted by atomic mass is 32.2. The number of rotatable bonds is 4. The maximum atomic E-state index is 12.9. The summed E-state index contributed by atoms with van der Waals surface area (Å²) in [4.78, 5) is 0. The number of sulfonamides is 1. The van der Waals surface area contributed by atoms with Crippen molar-refractivity contribution in [2.45, 2.75) is 12.8 Å². The number of anilines is 1. The first-order valence-electron chi connectivity index (χ1n) is 4.95. The second-order valence-corrected chi connectivity index (χ2v) is 5.76. The molecule has 0 unspecified atom stereocenters. The maximum Gasteiger partial charge on any atom is 0.232 e. The van der Waals surface area contributed by atoms with E-state index >= 15 is 0 Å². The quantitative estimate of drug-likeness (QED) is 0.793. The van der Waals surface area contributed by atoms with Gasteiger partial charge in [0.1, 0.15) is 0 Å². The zero-order valence-corrected chi connectivity index (χ0v) is 9.30. The number of nitrogens with one attached hydrogen (secondary N) is 1. The molecule has 2 rings (SSSR count). The first kappa shape index (κ1) is 11.2. The molecule has 4 nitrogen and oxygen atoms in total. The summed E-state index contributed by atoms with van der Waals surface area (Å²) in [7, 11) is -3.40. The standard InChI is InChI=1S/C10H12FNO3S/c11-9-5-8(3-4-10(9)13)12-16(14,15)6-7-1-2-7/h3-5,7,12-13H,1-2,6H2. The van der Waals surface area contributed by atoms with Gasteiger partial charge in [0.15, 0.2) is 11.6 Å². The van der Waals surface area contributed by atoms with Gasteiger partial charge in [-0.1, -0.05) is 0 Å². The molecule has 0 amide bonds. The molecule has 0 aliphatic heterocycles. The van der Waals surface area contributed by atoms with E-state index in [1.165, 1.54) is 6.07 Å². The molecule has 0 bridgehead atoms. The molecular weight excluding hydrogens is 233 g/mol. The van der Waals surface area contributed by atoms with E-state index in [4.69, 9.17) is 5.11 Å². The maximum absolute atomic E-state index is 12.9. The van der Waals surface area contributed by atoms with Crippen LogP contribution < -0.4 is 4.72 Å². The van der Waals surface area contributed by atoms with Crippen molar-refractivity contribution in [3.8, 4) is 5.75 Å². The molecule has 1 aromatic rings. The van der Waals surface area contributed by atoms with Crippen LogP contribution in [-0.4, -0.2) is 19.3 Å². The Morgan fingerprint density at radius 3 is 2.69 bits per heavy atom. The highest BCUT2D eigenvalue weighted by Gasteiger charge is 2.28. The van der Waals surface area contributed by atoms with E-state index in [2.05, 4.69) is 4.72 Å². The molecule has 1 aliphatic carbocycles. The van der Waals surface area contributed by atoms with Crippen molar-refractivity contribution in [1.29, 1.82) is 0 Å². The molecule has 0 heterocycles. The Bertz CT molecular complexity index is 497. The Labute approximate surface area is 93.2 Å². The van der Waals surface area contributed by atoms with Gasteiger partial charge < -0.3 is 5.11 Å². The largest absolute Gasteiger partial charge is 0.505 e. The molecule has 1 saturated carbocycles. The van der Waals surface area contributed by atoms with Crippen LogP contribution in [0.15, 0.2) is 18.2 Å². The van der Waals surface area contributed by atoms with Crippen molar-refractivity contribution >= 4 is 15.7 Å². The Kier molecular flexibility index (Phi) is 2.75. The van der Waals surface area contributed by atoms with E-state index < -0.39 is 21.6 Å². The van der Waals surface area contributed by atoms with Crippen molar-refractivity contribution in [3.05, 3.63) is 24.0 Å². The number of phenols is 1. The Hall–Kier alpha value is -1.30.